The number of hydrogen-bond acceptors (Lipinski definition) is 4. The lowest BCUT2D eigenvalue weighted by molar-refractivity contribution is -0.134. The van der Waals surface area contributed by atoms with Crippen LogP contribution in [-0.4, -0.2) is 40.0 Å². The van der Waals surface area contributed by atoms with Crippen molar-refractivity contribution in [3.63, 3.8) is 0 Å². The molecule has 1 saturated carbocycles. The molecule has 2 heterocycles. The quantitative estimate of drug-likeness (QED) is 0.854. The molecule has 1 aromatic carbocycles. The average molecular weight is 339 g/mol. The maximum absolute atomic E-state index is 12.4. The molecule has 132 valence electrons. The van der Waals surface area contributed by atoms with Crippen molar-refractivity contribution in [1.82, 2.24) is 14.9 Å². The molecule has 0 radical (unpaired) electrons. The van der Waals surface area contributed by atoms with Gasteiger partial charge in [0.15, 0.2) is 0 Å². The maximum atomic E-state index is 12.4. The number of para-hydroxylation sites is 2. The van der Waals surface area contributed by atoms with Gasteiger partial charge in [0.05, 0.1) is 17.2 Å². The Kier molecular flexibility index (Phi) is 4.81. The van der Waals surface area contributed by atoms with E-state index in [0.29, 0.717) is 17.7 Å². The van der Waals surface area contributed by atoms with Gasteiger partial charge in [-0.15, -0.1) is 0 Å². The van der Waals surface area contributed by atoms with Crippen molar-refractivity contribution in [2.75, 3.05) is 13.1 Å². The van der Waals surface area contributed by atoms with Crippen LogP contribution in [0.4, 0.5) is 0 Å². The van der Waals surface area contributed by atoms with Gasteiger partial charge in [0.1, 0.15) is 6.10 Å². The summed E-state index contributed by atoms with van der Waals surface area (Å²) in [5.41, 5.74) is 1.73. The summed E-state index contributed by atoms with van der Waals surface area (Å²) >= 11 is 0. The maximum Gasteiger partial charge on any atom is 0.233 e. The molecule has 0 bridgehead atoms. The van der Waals surface area contributed by atoms with Gasteiger partial charge in [-0.1, -0.05) is 25.0 Å². The van der Waals surface area contributed by atoms with Gasteiger partial charge < -0.3 is 9.64 Å². The Morgan fingerprint density at radius 2 is 1.80 bits per heavy atom. The van der Waals surface area contributed by atoms with E-state index in [4.69, 9.17) is 4.74 Å². The van der Waals surface area contributed by atoms with Crippen molar-refractivity contribution in [2.24, 2.45) is 5.92 Å². The summed E-state index contributed by atoms with van der Waals surface area (Å²) in [4.78, 5) is 23.4. The highest BCUT2D eigenvalue weighted by Crippen LogP contribution is 2.28. The number of ether oxygens (including phenoxy) is 1. The van der Waals surface area contributed by atoms with Gasteiger partial charge in [0.25, 0.3) is 0 Å². The smallest absolute Gasteiger partial charge is 0.233 e. The molecule has 0 unspecified atom stereocenters. The van der Waals surface area contributed by atoms with Crippen LogP contribution < -0.4 is 4.74 Å². The number of carbonyl (C=O) groups is 1. The summed E-state index contributed by atoms with van der Waals surface area (Å²) in [6.45, 7) is 1.58. The summed E-state index contributed by atoms with van der Waals surface area (Å²) < 4.78 is 6.01. The van der Waals surface area contributed by atoms with E-state index in [1.165, 1.54) is 25.7 Å². The molecule has 1 amide bonds. The average Bonchev–Trinajstić information content (AvgIpc) is 3.15. The fourth-order valence-corrected chi connectivity index (χ4v) is 3.98. The van der Waals surface area contributed by atoms with Crippen LogP contribution in [0.1, 0.15) is 44.9 Å². The predicted octanol–water partition coefficient (Wildman–Crippen LogP) is 3.58. The van der Waals surface area contributed by atoms with Crippen molar-refractivity contribution >= 4 is 16.9 Å². The first kappa shape index (κ1) is 16.3. The molecule has 0 spiro atoms. The molecule has 25 heavy (non-hydrogen) atoms. The van der Waals surface area contributed by atoms with Crippen LogP contribution in [-0.2, 0) is 4.79 Å². The number of likely N-dealkylation sites (tertiary alicyclic amines) is 1. The second-order valence-electron chi connectivity index (χ2n) is 7.25. The highest BCUT2D eigenvalue weighted by Gasteiger charge is 2.27. The van der Waals surface area contributed by atoms with Crippen molar-refractivity contribution in [3.05, 3.63) is 30.5 Å². The van der Waals surface area contributed by atoms with Crippen LogP contribution >= 0.6 is 0 Å². The molecule has 0 N–H and O–H groups in total. The van der Waals surface area contributed by atoms with Crippen molar-refractivity contribution in [3.8, 4) is 5.88 Å². The standard InChI is InChI=1S/C20H25N3O2/c24-20(13-15-5-1-2-6-15)23-11-9-16(10-12-23)25-19-14-21-17-7-3-4-8-18(17)22-19/h3-4,7-8,14-16H,1-2,5-6,9-13H2. The van der Waals surface area contributed by atoms with E-state index in [2.05, 4.69) is 9.97 Å². The Hall–Kier alpha value is -2.17. The summed E-state index contributed by atoms with van der Waals surface area (Å²) in [6, 6.07) is 7.80. The number of piperidine rings is 1. The van der Waals surface area contributed by atoms with Crippen molar-refractivity contribution in [1.29, 1.82) is 0 Å². The van der Waals surface area contributed by atoms with Gasteiger partial charge in [-0.3, -0.25) is 4.79 Å². The van der Waals surface area contributed by atoms with E-state index in [0.717, 1.165) is 43.4 Å². The Morgan fingerprint density at radius 3 is 2.56 bits per heavy atom. The van der Waals surface area contributed by atoms with Gasteiger partial charge in [-0.25, -0.2) is 9.97 Å². The first-order chi connectivity index (χ1) is 12.3. The van der Waals surface area contributed by atoms with E-state index in [-0.39, 0.29) is 6.10 Å². The SMILES string of the molecule is O=C(CC1CCCC1)N1CCC(Oc2cnc3ccccc3n2)CC1. The van der Waals surface area contributed by atoms with Crippen molar-refractivity contribution in [2.45, 2.75) is 51.0 Å². The molecule has 5 nitrogen and oxygen atoms in total. The van der Waals surface area contributed by atoms with E-state index < -0.39 is 0 Å². The van der Waals surface area contributed by atoms with E-state index in [1.54, 1.807) is 6.20 Å². The summed E-state index contributed by atoms with van der Waals surface area (Å²) in [5.74, 6) is 1.53. The molecule has 1 aromatic heterocycles. The van der Waals surface area contributed by atoms with Gasteiger partial charge >= 0.3 is 0 Å². The third kappa shape index (κ3) is 3.91. The summed E-state index contributed by atoms with van der Waals surface area (Å²) in [7, 11) is 0. The second-order valence-corrected chi connectivity index (χ2v) is 7.25. The molecule has 0 atom stereocenters. The second kappa shape index (κ2) is 7.38. The molecular formula is C20H25N3O2. The highest BCUT2D eigenvalue weighted by atomic mass is 16.5. The molecule has 4 rings (SSSR count). The number of hydrogen-bond donors (Lipinski definition) is 0. The zero-order valence-electron chi connectivity index (χ0n) is 14.6. The summed E-state index contributed by atoms with van der Waals surface area (Å²) in [6.07, 6.45) is 9.32. The molecule has 1 saturated heterocycles. The number of amides is 1. The van der Waals surface area contributed by atoms with Gasteiger partial charge in [0.2, 0.25) is 11.8 Å². The summed E-state index contributed by atoms with van der Waals surface area (Å²) in [5, 5.41) is 0. The largest absolute Gasteiger partial charge is 0.473 e. The zero-order valence-corrected chi connectivity index (χ0v) is 14.6. The lowest BCUT2D eigenvalue weighted by Gasteiger charge is -2.32. The lowest BCUT2D eigenvalue weighted by atomic mass is 10.0. The fraction of sp³-hybridized carbons (Fsp3) is 0.550. The molecule has 5 heteroatoms. The minimum absolute atomic E-state index is 0.117. The van der Waals surface area contributed by atoms with Gasteiger partial charge in [-0.05, 0) is 30.9 Å². The molecular weight excluding hydrogens is 314 g/mol. The Balaban J connectivity index is 1.29. The van der Waals surface area contributed by atoms with Crippen molar-refractivity contribution < 1.29 is 9.53 Å². The lowest BCUT2D eigenvalue weighted by Crippen LogP contribution is -2.42. The van der Waals surface area contributed by atoms with Crippen LogP contribution in [0.15, 0.2) is 30.5 Å². The third-order valence-corrected chi connectivity index (χ3v) is 5.45. The van der Waals surface area contributed by atoms with Crippen LogP contribution in [0.3, 0.4) is 0 Å². The van der Waals surface area contributed by atoms with E-state index in [9.17, 15) is 4.79 Å². The van der Waals surface area contributed by atoms with Crippen LogP contribution in [0.5, 0.6) is 5.88 Å². The third-order valence-electron chi connectivity index (χ3n) is 5.45. The first-order valence-electron chi connectivity index (χ1n) is 9.44. The number of nitrogens with zero attached hydrogens (tertiary/aromatic N) is 3. The normalized spacial score (nSPS) is 19.4. The fourth-order valence-electron chi connectivity index (χ4n) is 3.98. The van der Waals surface area contributed by atoms with Gasteiger partial charge in [-0.2, -0.15) is 0 Å². The Labute approximate surface area is 148 Å². The molecule has 2 aliphatic rings. The predicted molar refractivity (Wildman–Crippen MR) is 96.3 cm³/mol. The van der Waals surface area contributed by atoms with E-state index >= 15 is 0 Å². The zero-order chi connectivity index (χ0) is 17.1. The Bertz CT molecular complexity index is 735. The number of benzene rings is 1. The molecule has 1 aliphatic heterocycles. The monoisotopic (exact) mass is 339 g/mol. The minimum Gasteiger partial charge on any atom is -0.473 e. The number of carbonyl (C=O) groups excluding carboxylic acids is 1. The number of aromatic nitrogens is 2. The van der Waals surface area contributed by atoms with E-state index in [1.807, 2.05) is 29.2 Å². The van der Waals surface area contributed by atoms with Crippen LogP contribution in [0, 0.1) is 5.92 Å². The number of fused-ring (bicyclic) bond motifs is 1. The highest BCUT2D eigenvalue weighted by molar-refractivity contribution is 5.76. The first-order valence-corrected chi connectivity index (χ1v) is 9.44. The minimum atomic E-state index is 0.117. The Morgan fingerprint density at radius 1 is 1.08 bits per heavy atom. The topological polar surface area (TPSA) is 55.3 Å². The van der Waals surface area contributed by atoms with Crippen LogP contribution in [0.25, 0.3) is 11.0 Å². The molecule has 1 aliphatic carbocycles. The molecule has 2 fully saturated rings. The van der Waals surface area contributed by atoms with Gasteiger partial charge in [0, 0.05) is 32.4 Å². The number of rotatable bonds is 4. The van der Waals surface area contributed by atoms with Crippen LogP contribution in [0.2, 0.25) is 0 Å². The molecule has 2 aromatic rings.